The number of hydrogen-bond donors (Lipinski definition) is 1. The zero-order valence-corrected chi connectivity index (χ0v) is 11.0. The Morgan fingerprint density at radius 1 is 1.53 bits per heavy atom. The highest BCUT2D eigenvalue weighted by Crippen LogP contribution is 2.42. The number of nitrogens with zero attached hydrogens (tertiary/aromatic N) is 2. The molecule has 1 N–H and O–H groups in total. The normalized spacial score (nSPS) is 18.3. The zero-order chi connectivity index (χ0) is 10.9. The molecule has 82 valence electrons. The molecule has 5 heteroatoms. The summed E-state index contributed by atoms with van der Waals surface area (Å²) >= 11 is 2.22. The largest absolute Gasteiger partial charge is 0.372 e. The van der Waals surface area contributed by atoms with Gasteiger partial charge in [0.2, 0.25) is 0 Å². The van der Waals surface area contributed by atoms with Crippen LogP contribution in [-0.2, 0) is 10.3 Å². The molecule has 0 aliphatic heterocycles. The van der Waals surface area contributed by atoms with Gasteiger partial charge in [0.1, 0.15) is 11.4 Å². The Morgan fingerprint density at radius 2 is 2.27 bits per heavy atom. The molecular formula is C10H14IN3O. The van der Waals surface area contributed by atoms with Crippen LogP contribution >= 0.6 is 22.6 Å². The van der Waals surface area contributed by atoms with Crippen molar-refractivity contribution in [1.82, 2.24) is 9.97 Å². The fourth-order valence-electron chi connectivity index (χ4n) is 1.78. The molecule has 1 aromatic rings. The molecule has 1 aliphatic carbocycles. The lowest BCUT2D eigenvalue weighted by atomic mass is 9.79. The lowest BCUT2D eigenvalue weighted by Crippen LogP contribution is -2.38. The van der Waals surface area contributed by atoms with E-state index in [0.717, 1.165) is 28.1 Å². The third-order valence-corrected chi connectivity index (χ3v) is 3.73. The number of methoxy groups -OCH3 is 1. The van der Waals surface area contributed by atoms with Crippen molar-refractivity contribution in [1.29, 1.82) is 0 Å². The van der Waals surface area contributed by atoms with E-state index in [-0.39, 0.29) is 5.60 Å². The summed E-state index contributed by atoms with van der Waals surface area (Å²) in [5.74, 6) is 1.69. The van der Waals surface area contributed by atoms with Crippen LogP contribution in [0.5, 0.6) is 0 Å². The predicted molar refractivity (Wildman–Crippen MR) is 66.8 cm³/mol. The summed E-state index contributed by atoms with van der Waals surface area (Å²) in [5.41, 5.74) is -0.226. The molecule has 2 rings (SSSR count). The van der Waals surface area contributed by atoms with E-state index in [2.05, 4.69) is 37.9 Å². The summed E-state index contributed by atoms with van der Waals surface area (Å²) in [6.07, 6.45) is 5.08. The van der Waals surface area contributed by atoms with Gasteiger partial charge in [-0.1, -0.05) is 0 Å². The van der Waals surface area contributed by atoms with Crippen LogP contribution in [0.4, 0.5) is 5.82 Å². The van der Waals surface area contributed by atoms with E-state index in [1.807, 2.05) is 13.2 Å². The van der Waals surface area contributed by atoms with Gasteiger partial charge in [-0.2, -0.15) is 0 Å². The Balaban J connectivity index is 2.36. The molecule has 0 amide bonds. The number of hydrogen-bond acceptors (Lipinski definition) is 4. The highest BCUT2D eigenvalue weighted by atomic mass is 127. The minimum atomic E-state index is -0.226. The van der Waals surface area contributed by atoms with Crippen molar-refractivity contribution in [2.75, 3.05) is 19.5 Å². The van der Waals surface area contributed by atoms with E-state index in [0.29, 0.717) is 0 Å². The predicted octanol–water partition coefficient (Wildman–Crippen LogP) is 2.15. The summed E-state index contributed by atoms with van der Waals surface area (Å²) in [7, 11) is 3.61. The molecule has 0 spiro atoms. The molecular weight excluding hydrogens is 305 g/mol. The van der Waals surface area contributed by atoms with E-state index in [9.17, 15) is 0 Å². The van der Waals surface area contributed by atoms with E-state index in [4.69, 9.17) is 4.74 Å². The van der Waals surface area contributed by atoms with Gasteiger partial charge in [-0.05, 0) is 41.9 Å². The van der Waals surface area contributed by atoms with Gasteiger partial charge in [0.05, 0.1) is 3.57 Å². The van der Waals surface area contributed by atoms with Gasteiger partial charge in [-0.25, -0.2) is 9.97 Å². The Kier molecular flexibility index (Phi) is 3.11. The number of rotatable bonds is 3. The second-order valence-electron chi connectivity index (χ2n) is 3.69. The molecule has 0 unspecified atom stereocenters. The van der Waals surface area contributed by atoms with Crippen molar-refractivity contribution in [3.8, 4) is 0 Å². The lowest BCUT2D eigenvalue weighted by molar-refractivity contribution is -0.0845. The van der Waals surface area contributed by atoms with Crippen LogP contribution < -0.4 is 5.32 Å². The fraction of sp³-hybridized carbons (Fsp3) is 0.600. The van der Waals surface area contributed by atoms with Crippen molar-refractivity contribution in [3.63, 3.8) is 0 Å². The molecule has 0 radical (unpaired) electrons. The Labute approximate surface area is 103 Å². The summed E-state index contributed by atoms with van der Waals surface area (Å²) in [6.45, 7) is 0. The van der Waals surface area contributed by atoms with Gasteiger partial charge in [0, 0.05) is 20.4 Å². The summed E-state index contributed by atoms with van der Waals surface area (Å²) in [4.78, 5) is 8.87. The average molecular weight is 319 g/mol. The van der Waals surface area contributed by atoms with Gasteiger partial charge >= 0.3 is 0 Å². The molecule has 1 heterocycles. The third kappa shape index (κ3) is 1.82. The van der Waals surface area contributed by atoms with Gasteiger partial charge in [0.15, 0.2) is 5.82 Å². The number of aromatic nitrogens is 2. The smallest absolute Gasteiger partial charge is 0.162 e. The number of halogens is 1. The second kappa shape index (κ2) is 4.21. The molecule has 1 saturated carbocycles. The zero-order valence-electron chi connectivity index (χ0n) is 8.88. The van der Waals surface area contributed by atoms with Crippen molar-refractivity contribution in [2.45, 2.75) is 24.9 Å². The standard InChI is InChI=1S/C10H14IN3O/c1-12-8-7(11)6-13-9(14-8)10(15-2)4-3-5-10/h6H,3-5H2,1-2H3,(H,12,13,14). The van der Waals surface area contributed by atoms with Gasteiger partial charge < -0.3 is 10.1 Å². The maximum Gasteiger partial charge on any atom is 0.162 e. The molecule has 15 heavy (non-hydrogen) atoms. The first kappa shape index (κ1) is 11.1. The number of nitrogens with one attached hydrogen (secondary N) is 1. The van der Waals surface area contributed by atoms with Crippen molar-refractivity contribution < 1.29 is 4.74 Å². The molecule has 1 aliphatic rings. The van der Waals surface area contributed by atoms with Crippen LogP contribution in [0.3, 0.4) is 0 Å². The van der Waals surface area contributed by atoms with Crippen LogP contribution in [0.1, 0.15) is 25.1 Å². The Bertz CT molecular complexity index is 360. The van der Waals surface area contributed by atoms with Crippen LogP contribution in [0.25, 0.3) is 0 Å². The van der Waals surface area contributed by atoms with E-state index in [1.54, 1.807) is 7.11 Å². The SMILES string of the molecule is CNc1nc(C2(OC)CCC2)ncc1I. The van der Waals surface area contributed by atoms with Gasteiger partial charge in [-0.15, -0.1) is 0 Å². The van der Waals surface area contributed by atoms with E-state index < -0.39 is 0 Å². The molecule has 1 aromatic heterocycles. The quantitative estimate of drug-likeness (QED) is 0.867. The monoisotopic (exact) mass is 319 g/mol. The first-order valence-electron chi connectivity index (χ1n) is 4.98. The summed E-state index contributed by atoms with van der Waals surface area (Å²) in [5, 5.41) is 3.07. The fourth-order valence-corrected chi connectivity index (χ4v) is 2.31. The molecule has 0 bridgehead atoms. The molecule has 0 aromatic carbocycles. The Hall–Kier alpha value is -0.430. The summed E-state index contributed by atoms with van der Waals surface area (Å²) < 4.78 is 6.58. The van der Waals surface area contributed by atoms with Crippen molar-refractivity contribution >= 4 is 28.4 Å². The number of anilines is 1. The molecule has 0 saturated heterocycles. The van der Waals surface area contributed by atoms with Gasteiger partial charge in [0.25, 0.3) is 0 Å². The van der Waals surface area contributed by atoms with E-state index >= 15 is 0 Å². The van der Waals surface area contributed by atoms with E-state index in [1.165, 1.54) is 6.42 Å². The van der Waals surface area contributed by atoms with Crippen molar-refractivity contribution in [2.24, 2.45) is 0 Å². The van der Waals surface area contributed by atoms with Gasteiger partial charge in [-0.3, -0.25) is 0 Å². The van der Waals surface area contributed by atoms with Crippen LogP contribution in [-0.4, -0.2) is 24.1 Å². The first-order valence-corrected chi connectivity index (χ1v) is 6.05. The van der Waals surface area contributed by atoms with Crippen LogP contribution in [0, 0.1) is 3.57 Å². The minimum absolute atomic E-state index is 0.226. The third-order valence-electron chi connectivity index (χ3n) is 2.94. The van der Waals surface area contributed by atoms with Crippen molar-refractivity contribution in [3.05, 3.63) is 15.6 Å². The summed E-state index contributed by atoms with van der Waals surface area (Å²) in [6, 6.07) is 0. The second-order valence-corrected chi connectivity index (χ2v) is 4.85. The first-order chi connectivity index (χ1) is 7.22. The maximum absolute atomic E-state index is 5.54. The Morgan fingerprint density at radius 3 is 2.73 bits per heavy atom. The molecule has 4 nitrogen and oxygen atoms in total. The maximum atomic E-state index is 5.54. The van der Waals surface area contributed by atoms with Crippen LogP contribution in [0.15, 0.2) is 6.20 Å². The molecule has 1 fully saturated rings. The highest BCUT2D eigenvalue weighted by molar-refractivity contribution is 14.1. The lowest BCUT2D eigenvalue weighted by Gasteiger charge is -2.38. The van der Waals surface area contributed by atoms with Crippen LogP contribution in [0.2, 0.25) is 0 Å². The molecule has 0 atom stereocenters. The minimum Gasteiger partial charge on any atom is -0.372 e. The highest BCUT2D eigenvalue weighted by Gasteiger charge is 2.41. The average Bonchev–Trinajstić information content (AvgIpc) is 2.19. The topological polar surface area (TPSA) is 47.0 Å². The number of ether oxygens (including phenoxy) is 1.